The van der Waals surface area contributed by atoms with Crippen LogP contribution >= 0.6 is 0 Å². The van der Waals surface area contributed by atoms with E-state index in [-0.39, 0.29) is 0 Å². The molecule has 1 heterocycles. The van der Waals surface area contributed by atoms with Crippen LogP contribution in [0.25, 0.3) is 0 Å². The van der Waals surface area contributed by atoms with Gasteiger partial charge in [-0.05, 0) is 24.5 Å². The molecule has 1 aromatic carbocycles. The van der Waals surface area contributed by atoms with E-state index in [2.05, 4.69) is 5.32 Å². The zero-order valence-electron chi connectivity index (χ0n) is 11.4. The van der Waals surface area contributed by atoms with Crippen molar-refractivity contribution in [2.75, 3.05) is 0 Å². The van der Waals surface area contributed by atoms with Crippen molar-refractivity contribution in [2.45, 2.75) is 38.3 Å². The second-order valence-corrected chi connectivity index (χ2v) is 5.06. The normalized spacial score (nSPS) is 18.0. The number of alkyl halides is 3. The SMILES string of the molecule is Cc1cccc2c1OB(O)[C@@H](NC(=O)CCC(F)(F)F)C2. The topological polar surface area (TPSA) is 58.6 Å². The summed E-state index contributed by atoms with van der Waals surface area (Å²) in [6, 6.07) is 5.44. The van der Waals surface area contributed by atoms with Gasteiger partial charge < -0.3 is 15.0 Å². The predicted molar refractivity (Wildman–Crippen MR) is 70.7 cm³/mol. The van der Waals surface area contributed by atoms with Crippen molar-refractivity contribution in [3.8, 4) is 5.75 Å². The van der Waals surface area contributed by atoms with Crippen molar-refractivity contribution >= 4 is 13.0 Å². The fourth-order valence-corrected chi connectivity index (χ4v) is 2.24. The van der Waals surface area contributed by atoms with Crippen LogP contribution in [-0.2, 0) is 11.2 Å². The molecule has 0 radical (unpaired) electrons. The summed E-state index contributed by atoms with van der Waals surface area (Å²) in [5, 5.41) is 12.2. The molecule has 0 bridgehead atoms. The molecule has 0 fully saturated rings. The molecule has 21 heavy (non-hydrogen) atoms. The summed E-state index contributed by atoms with van der Waals surface area (Å²) in [5.74, 6) is -0.943. The third kappa shape index (κ3) is 4.14. The van der Waals surface area contributed by atoms with E-state index in [0.717, 1.165) is 11.1 Å². The minimum atomic E-state index is -4.37. The number of carbonyl (C=O) groups is 1. The monoisotopic (exact) mass is 301 g/mol. The minimum absolute atomic E-state index is 0.315. The summed E-state index contributed by atoms with van der Waals surface area (Å²) in [7, 11) is -1.27. The average molecular weight is 301 g/mol. The number of para-hydroxylation sites is 1. The third-order valence-electron chi connectivity index (χ3n) is 3.30. The Balaban J connectivity index is 1.98. The smallest absolute Gasteiger partial charge is 0.534 e. The zero-order chi connectivity index (χ0) is 15.6. The molecule has 114 valence electrons. The highest BCUT2D eigenvalue weighted by atomic mass is 19.4. The second kappa shape index (κ2) is 5.97. The number of halogens is 3. The first-order valence-electron chi connectivity index (χ1n) is 6.55. The molecule has 0 saturated heterocycles. The Morgan fingerprint density at radius 2 is 2.24 bits per heavy atom. The Hall–Kier alpha value is -1.70. The number of rotatable bonds is 3. The molecule has 2 rings (SSSR count). The Labute approximate surface area is 120 Å². The van der Waals surface area contributed by atoms with Gasteiger partial charge in [-0.3, -0.25) is 4.79 Å². The molecule has 0 unspecified atom stereocenters. The number of benzene rings is 1. The number of amides is 1. The standard InChI is InChI=1S/C13H15BF3NO3/c1-8-3-2-4-9-7-10(14(20)21-12(8)9)18-11(19)5-6-13(15,16)17/h2-4,10,20H,5-7H2,1H3,(H,18,19)/t10-/m0/s1. The van der Waals surface area contributed by atoms with Gasteiger partial charge in [0, 0.05) is 6.42 Å². The van der Waals surface area contributed by atoms with Gasteiger partial charge in [-0.25, -0.2) is 0 Å². The van der Waals surface area contributed by atoms with Gasteiger partial charge in [0.25, 0.3) is 0 Å². The molecule has 2 N–H and O–H groups in total. The lowest BCUT2D eigenvalue weighted by Crippen LogP contribution is -2.53. The van der Waals surface area contributed by atoms with Crippen LogP contribution in [0, 0.1) is 6.92 Å². The predicted octanol–water partition coefficient (Wildman–Crippen LogP) is 1.78. The van der Waals surface area contributed by atoms with Crippen LogP contribution in [0.5, 0.6) is 5.75 Å². The van der Waals surface area contributed by atoms with E-state index in [1.54, 1.807) is 6.07 Å². The largest absolute Gasteiger partial charge is 0.547 e. The number of aryl methyl sites for hydroxylation is 1. The number of fused-ring (bicyclic) bond motifs is 1. The maximum Gasteiger partial charge on any atom is 0.547 e. The minimum Gasteiger partial charge on any atom is -0.534 e. The van der Waals surface area contributed by atoms with Crippen molar-refractivity contribution in [3.05, 3.63) is 29.3 Å². The van der Waals surface area contributed by atoms with E-state index in [1.165, 1.54) is 0 Å². The summed E-state index contributed by atoms with van der Waals surface area (Å²) in [6.45, 7) is 1.83. The van der Waals surface area contributed by atoms with Crippen molar-refractivity contribution in [1.29, 1.82) is 0 Å². The average Bonchev–Trinajstić information content (AvgIpc) is 2.38. The van der Waals surface area contributed by atoms with E-state index >= 15 is 0 Å². The zero-order valence-corrected chi connectivity index (χ0v) is 11.4. The molecule has 0 saturated carbocycles. The maximum absolute atomic E-state index is 12.1. The van der Waals surface area contributed by atoms with Crippen LogP contribution in [0.3, 0.4) is 0 Å². The molecule has 1 atom stereocenters. The molecule has 0 spiro atoms. The van der Waals surface area contributed by atoms with Crippen LogP contribution < -0.4 is 9.97 Å². The van der Waals surface area contributed by atoms with Crippen molar-refractivity contribution < 1.29 is 27.6 Å². The Morgan fingerprint density at radius 1 is 1.52 bits per heavy atom. The molecule has 4 nitrogen and oxygen atoms in total. The van der Waals surface area contributed by atoms with Gasteiger partial charge in [-0.15, -0.1) is 0 Å². The van der Waals surface area contributed by atoms with Crippen molar-refractivity contribution in [3.63, 3.8) is 0 Å². The fourth-order valence-electron chi connectivity index (χ4n) is 2.24. The van der Waals surface area contributed by atoms with Gasteiger partial charge in [0.2, 0.25) is 5.91 Å². The van der Waals surface area contributed by atoms with E-state index in [9.17, 15) is 23.0 Å². The number of hydrogen-bond donors (Lipinski definition) is 2. The molecule has 1 aliphatic rings. The lowest BCUT2D eigenvalue weighted by Gasteiger charge is -2.29. The third-order valence-corrected chi connectivity index (χ3v) is 3.30. The van der Waals surface area contributed by atoms with E-state index < -0.39 is 38.0 Å². The molecule has 1 aromatic rings. The first-order valence-corrected chi connectivity index (χ1v) is 6.55. The molecular formula is C13H15BF3NO3. The lowest BCUT2D eigenvalue weighted by atomic mass is 9.72. The van der Waals surface area contributed by atoms with Crippen LogP contribution in [0.2, 0.25) is 0 Å². The van der Waals surface area contributed by atoms with E-state index in [1.807, 2.05) is 19.1 Å². The summed E-state index contributed by atoms with van der Waals surface area (Å²) in [5.41, 5.74) is 1.66. The Kier molecular flexibility index (Phi) is 4.46. The van der Waals surface area contributed by atoms with E-state index in [0.29, 0.717) is 12.2 Å². The van der Waals surface area contributed by atoms with Crippen LogP contribution in [0.15, 0.2) is 18.2 Å². The Bertz CT molecular complexity index is 536. The van der Waals surface area contributed by atoms with Gasteiger partial charge in [0.15, 0.2) is 0 Å². The highest BCUT2D eigenvalue weighted by Gasteiger charge is 2.37. The molecule has 8 heteroatoms. The maximum atomic E-state index is 12.1. The molecule has 0 aliphatic carbocycles. The van der Waals surface area contributed by atoms with Gasteiger partial charge in [-0.1, -0.05) is 18.2 Å². The molecule has 1 aliphatic heterocycles. The summed E-state index contributed by atoms with van der Waals surface area (Å²) in [6.07, 6.45) is -5.90. The summed E-state index contributed by atoms with van der Waals surface area (Å²) in [4.78, 5) is 11.5. The van der Waals surface area contributed by atoms with Gasteiger partial charge in [0.05, 0.1) is 12.4 Å². The molecular weight excluding hydrogens is 286 g/mol. The highest BCUT2D eigenvalue weighted by Crippen LogP contribution is 2.29. The number of carbonyl (C=O) groups excluding carboxylic acids is 1. The first-order chi connectivity index (χ1) is 9.76. The van der Waals surface area contributed by atoms with Crippen molar-refractivity contribution in [1.82, 2.24) is 5.32 Å². The van der Waals surface area contributed by atoms with Gasteiger partial charge in [0.1, 0.15) is 5.75 Å². The lowest BCUT2D eigenvalue weighted by molar-refractivity contribution is -0.144. The van der Waals surface area contributed by atoms with Gasteiger partial charge in [-0.2, -0.15) is 13.2 Å². The van der Waals surface area contributed by atoms with Crippen LogP contribution in [0.4, 0.5) is 13.2 Å². The quantitative estimate of drug-likeness (QED) is 0.837. The van der Waals surface area contributed by atoms with Gasteiger partial charge >= 0.3 is 13.3 Å². The first kappa shape index (κ1) is 15.7. The van der Waals surface area contributed by atoms with Crippen LogP contribution in [-0.4, -0.2) is 30.2 Å². The second-order valence-electron chi connectivity index (χ2n) is 5.06. The molecule has 0 aromatic heterocycles. The number of nitrogens with one attached hydrogen (secondary N) is 1. The number of hydrogen-bond acceptors (Lipinski definition) is 3. The fraction of sp³-hybridized carbons (Fsp3) is 0.462. The van der Waals surface area contributed by atoms with Crippen molar-refractivity contribution in [2.24, 2.45) is 0 Å². The van der Waals surface area contributed by atoms with E-state index in [4.69, 9.17) is 4.65 Å². The summed E-state index contributed by atoms with van der Waals surface area (Å²) < 4.78 is 41.5. The van der Waals surface area contributed by atoms with Crippen LogP contribution in [0.1, 0.15) is 24.0 Å². The highest BCUT2D eigenvalue weighted by molar-refractivity contribution is 6.46. The Morgan fingerprint density at radius 3 is 2.90 bits per heavy atom. The summed E-state index contributed by atoms with van der Waals surface area (Å²) >= 11 is 0. The molecule has 1 amide bonds.